The summed E-state index contributed by atoms with van der Waals surface area (Å²) in [6, 6.07) is -0.623. The highest BCUT2D eigenvalue weighted by Crippen LogP contribution is 2.19. The summed E-state index contributed by atoms with van der Waals surface area (Å²) in [5.74, 6) is -0.0404. The van der Waals surface area contributed by atoms with Gasteiger partial charge < -0.3 is 20.3 Å². The maximum Gasteiger partial charge on any atom is 0.305 e. The number of esters is 1. The number of ether oxygens (including phenoxy) is 1. The highest BCUT2D eigenvalue weighted by Gasteiger charge is 2.18. The molecule has 0 heterocycles. The van der Waals surface area contributed by atoms with Gasteiger partial charge in [-0.25, -0.2) is 0 Å². The molecule has 0 aromatic carbocycles. The lowest BCUT2D eigenvalue weighted by Crippen LogP contribution is -2.45. The van der Waals surface area contributed by atoms with Crippen LogP contribution in [0, 0.1) is 0 Å². The number of nitrogens with one attached hydrogen (secondary N) is 1. The molecule has 0 saturated heterocycles. The van der Waals surface area contributed by atoms with Crippen LogP contribution in [-0.4, -0.2) is 47.4 Å². The fraction of sp³-hybridized carbons (Fsp3) is 0.941. The van der Waals surface area contributed by atoms with Crippen LogP contribution in [0.25, 0.3) is 0 Å². The highest BCUT2D eigenvalue weighted by atomic mass is 16.5. The SMILES string of the molecule is CCCCCCCCCCCC/C=C/C(O)C(CO)NC(=O)CCCCCCCCCCCCCCCCCCCCCCCCCCCCCCOC(=O)CCCCCCCCCCCCCCCCCCC. The van der Waals surface area contributed by atoms with Gasteiger partial charge in [0.15, 0.2) is 0 Å². The van der Waals surface area contributed by atoms with E-state index in [1.165, 1.54) is 321 Å². The van der Waals surface area contributed by atoms with Crippen LogP contribution >= 0.6 is 0 Å². The number of rotatable bonds is 64. The van der Waals surface area contributed by atoms with Gasteiger partial charge in [0.05, 0.1) is 25.4 Å². The number of hydrogen-bond donors (Lipinski definition) is 3. The molecule has 0 aliphatic rings. The van der Waals surface area contributed by atoms with Crippen molar-refractivity contribution in [2.75, 3.05) is 13.2 Å². The molecule has 0 aliphatic heterocycles. The molecule has 74 heavy (non-hydrogen) atoms. The van der Waals surface area contributed by atoms with E-state index in [1.807, 2.05) is 6.08 Å². The normalized spacial score (nSPS) is 12.5. The summed E-state index contributed by atoms with van der Waals surface area (Å²) in [5.41, 5.74) is 0. The van der Waals surface area contributed by atoms with E-state index in [9.17, 15) is 19.8 Å². The second-order valence-corrected chi connectivity index (χ2v) is 23.5. The Kier molecular flexibility index (Phi) is 62.9. The van der Waals surface area contributed by atoms with E-state index >= 15 is 0 Å². The Morgan fingerprint density at radius 2 is 0.622 bits per heavy atom. The number of aliphatic hydroxyl groups excluding tert-OH is 2. The second kappa shape index (κ2) is 64.1. The van der Waals surface area contributed by atoms with Gasteiger partial charge in [-0.05, 0) is 32.1 Å². The van der Waals surface area contributed by atoms with Crippen molar-refractivity contribution >= 4 is 11.9 Å². The third-order valence-corrected chi connectivity index (χ3v) is 16.1. The van der Waals surface area contributed by atoms with E-state index in [-0.39, 0.29) is 18.5 Å². The lowest BCUT2D eigenvalue weighted by Gasteiger charge is -2.20. The molecule has 0 spiro atoms. The number of hydrogen-bond acceptors (Lipinski definition) is 5. The molecule has 0 aromatic rings. The van der Waals surface area contributed by atoms with Gasteiger partial charge in [-0.3, -0.25) is 9.59 Å². The van der Waals surface area contributed by atoms with Crippen LogP contribution in [0.2, 0.25) is 0 Å². The van der Waals surface area contributed by atoms with E-state index < -0.39 is 12.1 Å². The van der Waals surface area contributed by atoms with Crippen LogP contribution in [0.15, 0.2) is 12.2 Å². The van der Waals surface area contributed by atoms with Crippen molar-refractivity contribution < 1.29 is 24.5 Å². The molecule has 0 fully saturated rings. The Bertz CT molecular complexity index is 1110. The first kappa shape index (κ1) is 72.6. The van der Waals surface area contributed by atoms with Gasteiger partial charge in [0, 0.05) is 12.8 Å². The average molecular weight is 1040 g/mol. The largest absolute Gasteiger partial charge is 0.466 e. The van der Waals surface area contributed by atoms with Crippen molar-refractivity contribution in [2.45, 2.75) is 398 Å². The third-order valence-electron chi connectivity index (χ3n) is 16.1. The van der Waals surface area contributed by atoms with Gasteiger partial charge in [0.25, 0.3) is 0 Å². The number of amides is 1. The summed E-state index contributed by atoms with van der Waals surface area (Å²) in [7, 11) is 0. The van der Waals surface area contributed by atoms with Crippen molar-refractivity contribution in [3.8, 4) is 0 Å². The number of unbranched alkanes of at least 4 members (excludes halogenated alkanes) is 53. The standard InChI is InChI=1S/C68H133NO5/c1-3-5-7-9-11-13-15-17-18-31-35-38-42-46-50-54-58-62-68(73)74-63-59-55-51-47-43-39-36-33-30-28-26-24-22-20-19-21-23-25-27-29-32-34-37-41-45-49-53-57-61-67(72)69-65(64-70)66(71)60-56-52-48-44-40-16-14-12-10-8-6-4-2/h56,60,65-66,70-71H,3-55,57-59,61-64H2,1-2H3,(H,69,72)/b60-56+. The zero-order valence-corrected chi connectivity index (χ0v) is 50.4. The Balaban J connectivity index is 3.32. The van der Waals surface area contributed by atoms with Crippen LogP contribution in [-0.2, 0) is 14.3 Å². The van der Waals surface area contributed by atoms with Crippen LogP contribution in [0.4, 0.5) is 0 Å². The van der Waals surface area contributed by atoms with E-state index in [0.29, 0.717) is 19.4 Å². The van der Waals surface area contributed by atoms with Gasteiger partial charge in [0.1, 0.15) is 0 Å². The maximum absolute atomic E-state index is 12.4. The molecule has 6 nitrogen and oxygen atoms in total. The molecule has 440 valence electrons. The molecule has 1 amide bonds. The summed E-state index contributed by atoms with van der Waals surface area (Å²) in [4.78, 5) is 24.5. The summed E-state index contributed by atoms with van der Waals surface area (Å²) in [6.07, 6.45) is 78.6. The highest BCUT2D eigenvalue weighted by molar-refractivity contribution is 5.76. The van der Waals surface area contributed by atoms with Gasteiger partial charge in [-0.15, -0.1) is 0 Å². The molecular formula is C68H133NO5. The first-order valence-electron chi connectivity index (χ1n) is 34.0. The number of aliphatic hydroxyl groups is 2. The first-order chi connectivity index (χ1) is 36.5. The fourth-order valence-corrected chi connectivity index (χ4v) is 10.9. The second-order valence-electron chi connectivity index (χ2n) is 23.5. The Morgan fingerprint density at radius 3 is 0.919 bits per heavy atom. The molecule has 2 atom stereocenters. The summed E-state index contributed by atoms with van der Waals surface area (Å²) < 4.78 is 5.51. The molecular weight excluding hydrogens is 911 g/mol. The van der Waals surface area contributed by atoms with Gasteiger partial charge in [-0.1, -0.05) is 353 Å². The Labute approximate surface area is 463 Å². The average Bonchev–Trinajstić information content (AvgIpc) is 3.40. The molecule has 6 heteroatoms. The number of carbonyl (C=O) groups is 2. The van der Waals surface area contributed by atoms with E-state index in [4.69, 9.17) is 4.74 Å². The van der Waals surface area contributed by atoms with Crippen LogP contribution in [0.3, 0.4) is 0 Å². The van der Waals surface area contributed by atoms with E-state index in [1.54, 1.807) is 6.08 Å². The summed E-state index contributed by atoms with van der Waals surface area (Å²) in [5, 5.41) is 23.1. The molecule has 0 radical (unpaired) electrons. The van der Waals surface area contributed by atoms with Crippen LogP contribution < -0.4 is 5.32 Å². The van der Waals surface area contributed by atoms with Gasteiger partial charge in [-0.2, -0.15) is 0 Å². The van der Waals surface area contributed by atoms with Crippen molar-refractivity contribution in [1.82, 2.24) is 5.32 Å². The topological polar surface area (TPSA) is 95.9 Å². The summed E-state index contributed by atoms with van der Waals surface area (Å²) >= 11 is 0. The van der Waals surface area contributed by atoms with Crippen molar-refractivity contribution in [1.29, 1.82) is 0 Å². The number of allylic oxidation sites excluding steroid dienone is 1. The van der Waals surface area contributed by atoms with E-state index in [0.717, 1.165) is 38.5 Å². The lowest BCUT2D eigenvalue weighted by atomic mass is 10.0. The molecule has 0 rings (SSSR count). The quantitative estimate of drug-likeness (QED) is 0.0320. The minimum absolute atomic E-state index is 0.0232. The molecule has 0 aliphatic carbocycles. The van der Waals surface area contributed by atoms with Crippen molar-refractivity contribution in [3.05, 3.63) is 12.2 Å². The predicted molar refractivity (Wildman–Crippen MR) is 324 cm³/mol. The Hall–Kier alpha value is -1.40. The predicted octanol–water partition coefficient (Wildman–Crippen LogP) is 21.6. The zero-order chi connectivity index (χ0) is 53.6. The molecule has 3 N–H and O–H groups in total. The third kappa shape index (κ3) is 59.8. The smallest absolute Gasteiger partial charge is 0.305 e. The lowest BCUT2D eigenvalue weighted by molar-refractivity contribution is -0.143. The fourth-order valence-electron chi connectivity index (χ4n) is 10.9. The molecule has 0 aromatic heterocycles. The number of carbonyl (C=O) groups excluding carboxylic acids is 2. The summed E-state index contributed by atoms with van der Waals surface area (Å²) in [6.45, 7) is 4.93. The van der Waals surface area contributed by atoms with Crippen molar-refractivity contribution in [3.63, 3.8) is 0 Å². The molecule has 0 bridgehead atoms. The van der Waals surface area contributed by atoms with Crippen LogP contribution in [0.1, 0.15) is 386 Å². The van der Waals surface area contributed by atoms with E-state index in [2.05, 4.69) is 19.2 Å². The van der Waals surface area contributed by atoms with Gasteiger partial charge >= 0.3 is 5.97 Å². The molecule has 2 unspecified atom stereocenters. The van der Waals surface area contributed by atoms with Gasteiger partial charge in [0.2, 0.25) is 5.91 Å². The minimum Gasteiger partial charge on any atom is -0.466 e. The first-order valence-corrected chi connectivity index (χ1v) is 34.0. The van der Waals surface area contributed by atoms with Crippen molar-refractivity contribution in [2.24, 2.45) is 0 Å². The molecule has 0 saturated carbocycles. The monoisotopic (exact) mass is 1040 g/mol. The zero-order valence-electron chi connectivity index (χ0n) is 50.4. The van der Waals surface area contributed by atoms with Crippen LogP contribution in [0.5, 0.6) is 0 Å². The Morgan fingerprint density at radius 1 is 0.365 bits per heavy atom. The minimum atomic E-state index is -0.840. The maximum atomic E-state index is 12.4.